The van der Waals surface area contributed by atoms with Crippen LogP contribution in [0.2, 0.25) is 0 Å². The molecule has 0 saturated carbocycles. The zero-order chi connectivity index (χ0) is 11.8. The highest BCUT2D eigenvalue weighted by Gasteiger charge is 2.22. The standard InChI is InChI=1S/C15H16N2/c1-11-3-6-13(7-4-11)14-10-17-9-12(2)5-8-15(17)16-14/h3-10,15-16H,1-2H3. The number of benzene rings is 1. The molecule has 0 saturated heterocycles. The first kappa shape index (κ1) is 10.2. The molecule has 2 aliphatic rings. The Morgan fingerprint density at radius 1 is 1.06 bits per heavy atom. The molecule has 0 fully saturated rings. The van der Waals surface area contributed by atoms with Crippen LogP contribution in [-0.2, 0) is 0 Å². The molecule has 3 rings (SSSR count). The zero-order valence-electron chi connectivity index (χ0n) is 10.1. The quantitative estimate of drug-likeness (QED) is 0.789. The van der Waals surface area contributed by atoms with Crippen LogP contribution in [0.25, 0.3) is 5.70 Å². The number of allylic oxidation sites excluding steroid dienone is 2. The van der Waals surface area contributed by atoms with E-state index in [4.69, 9.17) is 0 Å². The van der Waals surface area contributed by atoms with Crippen LogP contribution in [0.15, 0.2) is 54.4 Å². The lowest BCUT2D eigenvalue weighted by atomic mass is 10.1. The van der Waals surface area contributed by atoms with Crippen LogP contribution < -0.4 is 5.32 Å². The maximum atomic E-state index is 3.50. The van der Waals surface area contributed by atoms with E-state index in [1.165, 1.54) is 22.4 Å². The molecule has 1 atom stereocenters. The van der Waals surface area contributed by atoms with Gasteiger partial charge in [-0.2, -0.15) is 0 Å². The lowest BCUT2D eigenvalue weighted by molar-refractivity contribution is 0.424. The number of hydrogen-bond acceptors (Lipinski definition) is 2. The molecule has 0 bridgehead atoms. The summed E-state index contributed by atoms with van der Waals surface area (Å²) in [5.74, 6) is 0. The molecule has 0 amide bonds. The summed E-state index contributed by atoms with van der Waals surface area (Å²) in [7, 11) is 0. The smallest absolute Gasteiger partial charge is 0.122 e. The second-order valence-corrected chi connectivity index (χ2v) is 4.68. The molecule has 0 aromatic heterocycles. The van der Waals surface area contributed by atoms with Crippen LogP contribution in [0.1, 0.15) is 18.1 Å². The summed E-state index contributed by atoms with van der Waals surface area (Å²) in [5.41, 5.74) is 5.00. The normalized spacial score (nSPS) is 21.8. The number of aryl methyl sites for hydroxylation is 1. The van der Waals surface area contributed by atoms with E-state index in [0.29, 0.717) is 0 Å². The van der Waals surface area contributed by atoms with E-state index in [1.54, 1.807) is 0 Å². The van der Waals surface area contributed by atoms with E-state index in [2.05, 4.69) is 72.9 Å². The van der Waals surface area contributed by atoms with Gasteiger partial charge in [-0.05, 0) is 31.1 Å². The summed E-state index contributed by atoms with van der Waals surface area (Å²) < 4.78 is 0. The third-order valence-electron chi connectivity index (χ3n) is 3.16. The molecule has 0 aliphatic carbocycles. The fourth-order valence-corrected chi connectivity index (χ4v) is 2.18. The molecule has 17 heavy (non-hydrogen) atoms. The molecule has 86 valence electrons. The van der Waals surface area contributed by atoms with E-state index in [9.17, 15) is 0 Å². The predicted molar refractivity (Wildman–Crippen MR) is 70.8 cm³/mol. The maximum Gasteiger partial charge on any atom is 0.122 e. The van der Waals surface area contributed by atoms with Crippen molar-refractivity contribution in [3.05, 3.63) is 65.5 Å². The molecule has 1 unspecified atom stereocenters. The van der Waals surface area contributed by atoms with Crippen molar-refractivity contribution in [2.45, 2.75) is 20.0 Å². The maximum absolute atomic E-state index is 3.50. The van der Waals surface area contributed by atoms with Gasteiger partial charge in [0.1, 0.15) is 6.17 Å². The highest BCUT2D eigenvalue weighted by atomic mass is 15.3. The largest absolute Gasteiger partial charge is 0.360 e. The van der Waals surface area contributed by atoms with Gasteiger partial charge in [-0.3, -0.25) is 0 Å². The Morgan fingerprint density at radius 2 is 1.82 bits per heavy atom. The molecule has 0 spiro atoms. The Bertz CT molecular complexity index is 520. The summed E-state index contributed by atoms with van der Waals surface area (Å²) in [4.78, 5) is 2.21. The number of rotatable bonds is 1. The van der Waals surface area contributed by atoms with Crippen LogP contribution in [-0.4, -0.2) is 11.1 Å². The molecule has 0 radical (unpaired) electrons. The van der Waals surface area contributed by atoms with Gasteiger partial charge in [-0.25, -0.2) is 0 Å². The SMILES string of the molecule is CC1=CN2C=C(c3ccc(C)cc3)NC2C=C1. The molecular weight excluding hydrogens is 208 g/mol. The van der Waals surface area contributed by atoms with Gasteiger partial charge in [0.05, 0.1) is 5.70 Å². The first-order chi connectivity index (χ1) is 8.22. The van der Waals surface area contributed by atoms with Gasteiger partial charge in [0, 0.05) is 12.4 Å². The Morgan fingerprint density at radius 3 is 2.59 bits per heavy atom. The van der Waals surface area contributed by atoms with Crippen molar-refractivity contribution in [2.24, 2.45) is 0 Å². The van der Waals surface area contributed by atoms with Crippen molar-refractivity contribution in [2.75, 3.05) is 0 Å². The summed E-state index contributed by atoms with van der Waals surface area (Å²) in [5, 5.41) is 3.50. The minimum atomic E-state index is 0.273. The molecular formula is C15H16N2. The predicted octanol–water partition coefficient (Wildman–Crippen LogP) is 3.00. The second kappa shape index (κ2) is 3.81. The van der Waals surface area contributed by atoms with Gasteiger partial charge in [-0.1, -0.05) is 35.9 Å². The summed E-state index contributed by atoms with van der Waals surface area (Å²) in [6.45, 7) is 4.22. The fraction of sp³-hybridized carbons (Fsp3) is 0.200. The Labute approximate surface area is 102 Å². The number of nitrogens with one attached hydrogen (secondary N) is 1. The van der Waals surface area contributed by atoms with E-state index in [-0.39, 0.29) is 6.17 Å². The van der Waals surface area contributed by atoms with Gasteiger partial charge >= 0.3 is 0 Å². The molecule has 1 aromatic carbocycles. The van der Waals surface area contributed by atoms with Crippen molar-refractivity contribution in [3.63, 3.8) is 0 Å². The zero-order valence-corrected chi connectivity index (χ0v) is 10.1. The highest BCUT2D eigenvalue weighted by Crippen LogP contribution is 2.24. The van der Waals surface area contributed by atoms with Gasteiger partial charge in [0.2, 0.25) is 0 Å². The molecule has 1 aromatic rings. The number of nitrogens with zero attached hydrogens (tertiary/aromatic N) is 1. The van der Waals surface area contributed by atoms with E-state index < -0.39 is 0 Å². The minimum Gasteiger partial charge on any atom is -0.360 e. The summed E-state index contributed by atoms with van der Waals surface area (Å²) in [6, 6.07) is 8.61. The van der Waals surface area contributed by atoms with Crippen LogP contribution >= 0.6 is 0 Å². The lowest BCUT2D eigenvalue weighted by Crippen LogP contribution is -2.32. The average molecular weight is 224 g/mol. The van der Waals surface area contributed by atoms with Crippen molar-refractivity contribution in [1.29, 1.82) is 0 Å². The second-order valence-electron chi connectivity index (χ2n) is 4.68. The Hall–Kier alpha value is -1.96. The fourth-order valence-electron chi connectivity index (χ4n) is 2.18. The Kier molecular flexibility index (Phi) is 2.29. The van der Waals surface area contributed by atoms with Crippen molar-refractivity contribution in [3.8, 4) is 0 Å². The van der Waals surface area contributed by atoms with Gasteiger partial charge in [0.25, 0.3) is 0 Å². The first-order valence-corrected chi connectivity index (χ1v) is 5.92. The van der Waals surface area contributed by atoms with Gasteiger partial charge < -0.3 is 10.2 Å². The molecule has 2 heterocycles. The van der Waals surface area contributed by atoms with Crippen molar-refractivity contribution >= 4 is 5.70 Å². The minimum absolute atomic E-state index is 0.273. The molecule has 2 aliphatic heterocycles. The summed E-state index contributed by atoms with van der Waals surface area (Å²) in [6.07, 6.45) is 8.95. The van der Waals surface area contributed by atoms with Crippen LogP contribution in [0.3, 0.4) is 0 Å². The van der Waals surface area contributed by atoms with E-state index >= 15 is 0 Å². The van der Waals surface area contributed by atoms with Crippen molar-refractivity contribution in [1.82, 2.24) is 10.2 Å². The van der Waals surface area contributed by atoms with Crippen molar-refractivity contribution < 1.29 is 0 Å². The van der Waals surface area contributed by atoms with Crippen LogP contribution in [0, 0.1) is 6.92 Å². The van der Waals surface area contributed by atoms with Gasteiger partial charge in [-0.15, -0.1) is 0 Å². The lowest BCUT2D eigenvalue weighted by Gasteiger charge is -2.22. The van der Waals surface area contributed by atoms with Crippen LogP contribution in [0.4, 0.5) is 0 Å². The van der Waals surface area contributed by atoms with E-state index in [1.807, 2.05) is 0 Å². The summed E-state index contributed by atoms with van der Waals surface area (Å²) >= 11 is 0. The van der Waals surface area contributed by atoms with E-state index in [0.717, 1.165) is 0 Å². The number of hydrogen-bond donors (Lipinski definition) is 1. The van der Waals surface area contributed by atoms with Crippen LogP contribution in [0.5, 0.6) is 0 Å². The monoisotopic (exact) mass is 224 g/mol. The van der Waals surface area contributed by atoms with Gasteiger partial charge in [0.15, 0.2) is 0 Å². The Balaban J connectivity index is 1.90. The highest BCUT2D eigenvalue weighted by molar-refractivity contribution is 5.66. The first-order valence-electron chi connectivity index (χ1n) is 5.92. The third kappa shape index (κ3) is 1.86. The molecule has 2 nitrogen and oxygen atoms in total. The number of fused-ring (bicyclic) bond motifs is 1. The topological polar surface area (TPSA) is 15.3 Å². The molecule has 2 heteroatoms. The third-order valence-corrected chi connectivity index (χ3v) is 3.16. The average Bonchev–Trinajstić information content (AvgIpc) is 2.72. The molecule has 1 N–H and O–H groups in total.